The molecular formula is C53H64N6S2+4. The number of pyridine rings is 2. The zero-order valence-corrected chi connectivity index (χ0v) is 38.8. The molecule has 0 N–H and O–H groups in total. The van der Waals surface area contributed by atoms with Crippen molar-refractivity contribution in [3.8, 4) is 0 Å². The van der Waals surface area contributed by atoms with Gasteiger partial charge in [0.15, 0.2) is 18.9 Å². The fourth-order valence-electron chi connectivity index (χ4n) is 8.98. The Labute approximate surface area is 373 Å². The van der Waals surface area contributed by atoms with Gasteiger partial charge in [-0.05, 0) is 72.5 Å². The molecule has 314 valence electrons. The maximum atomic E-state index is 2.46. The number of hydrogen-bond acceptors (Lipinski definition) is 4. The van der Waals surface area contributed by atoms with Crippen molar-refractivity contribution in [2.75, 3.05) is 78.3 Å². The lowest BCUT2D eigenvalue weighted by atomic mass is 10.1. The number of unbranched alkanes of at least 4 members (excludes halogenated alkanes) is 2. The van der Waals surface area contributed by atoms with Gasteiger partial charge in [0.1, 0.15) is 6.54 Å². The molecule has 0 amide bonds. The molecule has 0 atom stereocenters. The lowest BCUT2D eigenvalue weighted by Crippen LogP contribution is -2.47. The molecule has 2 aliphatic rings. The monoisotopic (exact) mass is 848 g/mol. The fourth-order valence-corrected chi connectivity index (χ4v) is 11.1. The highest BCUT2D eigenvalue weighted by atomic mass is 32.2. The quantitative estimate of drug-likeness (QED) is 0.0515. The minimum Gasteiger partial charge on any atom is -0.338 e. The molecule has 8 heteroatoms. The average molecular weight is 849 g/mol. The summed E-state index contributed by atoms with van der Waals surface area (Å²) >= 11 is 3.69. The zero-order valence-electron chi connectivity index (χ0n) is 37.1. The van der Waals surface area contributed by atoms with Gasteiger partial charge in [-0.25, -0.2) is 0 Å². The van der Waals surface area contributed by atoms with Crippen LogP contribution in [0.2, 0.25) is 0 Å². The van der Waals surface area contributed by atoms with Crippen LogP contribution >= 0.6 is 23.5 Å². The Balaban J connectivity index is 0.769. The highest BCUT2D eigenvalue weighted by Crippen LogP contribution is 2.46. The molecule has 6 aromatic rings. The van der Waals surface area contributed by atoms with E-state index in [2.05, 4.69) is 207 Å². The summed E-state index contributed by atoms with van der Waals surface area (Å²) in [5, 5.41) is 5.15. The Morgan fingerprint density at radius 2 is 1.00 bits per heavy atom. The van der Waals surface area contributed by atoms with Gasteiger partial charge in [-0.15, -0.1) is 0 Å². The first kappa shape index (κ1) is 42.8. The molecule has 2 aromatic heterocycles. The topological polar surface area (TPSA) is 14.2 Å². The van der Waals surface area contributed by atoms with Gasteiger partial charge in [-0.3, -0.25) is 0 Å². The van der Waals surface area contributed by atoms with Crippen molar-refractivity contribution in [3.05, 3.63) is 155 Å². The van der Waals surface area contributed by atoms with Crippen molar-refractivity contribution in [2.45, 2.75) is 55.0 Å². The number of anilines is 2. The largest absolute Gasteiger partial charge is 0.338 e. The number of hydrogen-bond donors (Lipinski definition) is 0. The van der Waals surface area contributed by atoms with Crippen molar-refractivity contribution in [1.82, 2.24) is 0 Å². The maximum absolute atomic E-state index is 2.46. The van der Waals surface area contributed by atoms with Crippen LogP contribution in [0, 0.1) is 0 Å². The number of allylic oxidation sites excluding steroid dienone is 2. The first-order valence-electron chi connectivity index (χ1n) is 22.1. The molecule has 0 spiro atoms. The summed E-state index contributed by atoms with van der Waals surface area (Å²) in [7, 11) is 14.0. The number of fused-ring (bicyclic) bond motifs is 4. The van der Waals surface area contributed by atoms with Gasteiger partial charge in [0.25, 0.3) is 0 Å². The normalized spacial score (nSPS) is 15.6. The second kappa shape index (κ2) is 19.0. The van der Waals surface area contributed by atoms with Gasteiger partial charge >= 0.3 is 0 Å². The third-order valence-corrected chi connectivity index (χ3v) is 15.0. The van der Waals surface area contributed by atoms with Crippen LogP contribution in [0.5, 0.6) is 0 Å². The summed E-state index contributed by atoms with van der Waals surface area (Å²) in [4.78, 5) is 7.23. The molecular weight excluding hydrogens is 785 g/mol. The lowest BCUT2D eigenvalue weighted by molar-refractivity contribution is -0.910. The van der Waals surface area contributed by atoms with Gasteiger partial charge in [0, 0.05) is 61.0 Å². The van der Waals surface area contributed by atoms with E-state index in [1.807, 2.05) is 23.5 Å². The van der Waals surface area contributed by atoms with E-state index in [0.29, 0.717) is 0 Å². The minimum absolute atomic E-state index is 1.03. The summed E-state index contributed by atoms with van der Waals surface area (Å²) in [5.41, 5.74) is 7.72. The first-order chi connectivity index (χ1) is 29.6. The molecule has 4 aromatic carbocycles. The summed E-state index contributed by atoms with van der Waals surface area (Å²) in [5.74, 6) is 0. The first-order valence-corrected chi connectivity index (χ1v) is 23.8. The molecule has 0 unspecified atom stereocenters. The van der Waals surface area contributed by atoms with Crippen LogP contribution in [-0.2, 0) is 13.1 Å². The van der Waals surface area contributed by atoms with Crippen LogP contribution in [0.25, 0.3) is 34.0 Å². The van der Waals surface area contributed by atoms with Gasteiger partial charge in [-0.2, -0.15) is 9.13 Å². The predicted octanol–water partition coefficient (Wildman–Crippen LogP) is 11.0. The molecule has 4 heterocycles. The molecule has 0 aliphatic carbocycles. The third-order valence-electron chi connectivity index (χ3n) is 12.6. The molecule has 0 radical (unpaired) electrons. The Morgan fingerprint density at radius 3 is 1.64 bits per heavy atom. The number of thioether (sulfide) groups is 2. The van der Waals surface area contributed by atoms with Crippen LogP contribution in [-0.4, -0.2) is 77.4 Å². The van der Waals surface area contributed by atoms with E-state index in [-0.39, 0.29) is 0 Å². The molecule has 0 fully saturated rings. The highest BCUT2D eigenvalue weighted by molar-refractivity contribution is 8.04. The van der Waals surface area contributed by atoms with Crippen molar-refractivity contribution in [1.29, 1.82) is 0 Å². The van der Waals surface area contributed by atoms with Gasteiger partial charge < -0.3 is 18.8 Å². The number of aryl methyl sites for hydroxylation is 2. The summed E-state index contributed by atoms with van der Waals surface area (Å²) in [6.45, 7) is 6.92. The number of rotatable bonds is 17. The summed E-state index contributed by atoms with van der Waals surface area (Å²) in [6, 6.07) is 39.6. The number of quaternary nitrogens is 2. The van der Waals surface area contributed by atoms with Crippen molar-refractivity contribution in [2.24, 2.45) is 0 Å². The number of nitrogens with zero attached hydrogens (tertiary/aromatic N) is 6. The van der Waals surface area contributed by atoms with Crippen molar-refractivity contribution in [3.63, 3.8) is 0 Å². The van der Waals surface area contributed by atoms with Crippen LogP contribution in [0.1, 0.15) is 43.2 Å². The van der Waals surface area contributed by atoms with Gasteiger partial charge in [0.2, 0.25) is 11.0 Å². The summed E-state index contributed by atoms with van der Waals surface area (Å²) < 4.78 is 7.07. The Kier molecular flexibility index (Phi) is 13.4. The zero-order chi connectivity index (χ0) is 42.4. The second-order valence-electron chi connectivity index (χ2n) is 18.1. The molecule has 8 rings (SSSR count). The van der Waals surface area contributed by atoms with E-state index in [1.54, 1.807) is 0 Å². The number of para-hydroxylation sites is 4. The smallest absolute Gasteiger partial charge is 0.213 e. The molecule has 61 heavy (non-hydrogen) atoms. The van der Waals surface area contributed by atoms with E-state index in [1.165, 1.54) is 116 Å². The van der Waals surface area contributed by atoms with Gasteiger partial charge in [0.05, 0.1) is 93.0 Å². The van der Waals surface area contributed by atoms with Crippen LogP contribution in [0.15, 0.2) is 154 Å². The Hall–Kier alpha value is -4.86. The Morgan fingerprint density at radius 1 is 0.508 bits per heavy atom. The van der Waals surface area contributed by atoms with Crippen molar-refractivity contribution < 1.29 is 18.1 Å². The van der Waals surface area contributed by atoms with E-state index < -0.39 is 0 Å². The van der Waals surface area contributed by atoms with E-state index >= 15 is 0 Å². The lowest BCUT2D eigenvalue weighted by Gasteiger charge is -2.33. The standard InChI is InChI=1S/C53H64N6S2/c1-54-48-26-12-14-28-50(48)60-52(54)30-18-21-42-31-35-56(46-24-10-8-22-44(42)46)33-16-7-17-37-58(3,4)39-20-40-59(5,6)38-19-34-57-36-32-43(45-23-9-11-25-47(45)57)41-53-55(2)49-27-13-15-29-51(49)61-53/h8-15,18,21-32,35-36,41H,7,16-17,19-20,33-34,37-40H2,1-6H3/q+4. The predicted molar refractivity (Wildman–Crippen MR) is 262 cm³/mol. The maximum Gasteiger partial charge on any atom is 0.213 e. The van der Waals surface area contributed by atoms with Crippen LogP contribution < -0.4 is 18.9 Å². The molecule has 0 bridgehead atoms. The number of benzene rings is 4. The van der Waals surface area contributed by atoms with Crippen molar-refractivity contribution >= 4 is 68.9 Å². The average Bonchev–Trinajstić information content (AvgIpc) is 3.75. The Bertz CT molecular complexity index is 2590. The number of aromatic nitrogens is 2. The minimum atomic E-state index is 1.03. The molecule has 0 saturated heterocycles. The summed E-state index contributed by atoms with van der Waals surface area (Å²) in [6.07, 6.45) is 19.7. The fraction of sp³-hybridized carbons (Fsp3) is 0.321. The molecule has 0 saturated carbocycles. The SMILES string of the molecule is CN1/C(=C/C=C/c2cc[n+](CCCCC[N+](C)(C)CCC[N+](C)(C)CCC[n+]3ccc(/C=C4\Sc5ccccc5N4C)c4ccccc43)c3ccccc23)Sc2ccccc21. The van der Waals surface area contributed by atoms with E-state index in [9.17, 15) is 0 Å². The van der Waals surface area contributed by atoms with Crippen LogP contribution in [0.4, 0.5) is 11.4 Å². The van der Waals surface area contributed by atoms with Gasteiger partial charge in [-0.1, -0.05) is 84.2 Å². The highest BCUT2D eigenvalue weighted by Gasteiger charge is 2.24. The molecule has 6 nitrogen and oxygen atoms in total. The van der Waals surface area contributed by atoms with E-state index in [4.69, 9.17) is 0 Å². The van der Waals surface area contributed by atoms with E-state index in [0.717, 1.165) is 28.5 Å². The third kappa shape index (κ3) is 10.3. The second-order valence-corrected chi connectivity index (χ2v) is 20.2. The molecule has 2 aliphatic heterocycles. The van der Waals surface area contributed by atoms with Crippen LogP contribution in [0.3, 0.4) is 0 Å².